The predicted octanol–water partition coefficient (Wildman–Crippen LogP) is 2.66. The standard InChI is InChI=1S/C15H20N2O/c1-15(2,3)13-11(7-5-9-16-13)12-8-6-10-17(4)14(12)18/h6-8,10H,5,9H2,1-4H3. The lowest BCUT2D eigenvalue weighted by atomic mass is 9.81. The van der Waals surface area contributed by atoms with Gasteiger partial charge in [0.2, 0.25) is 0 Å². The van der Waals surface area contributed by atoms with Gasteiger partial charge in [-0.25, -0.2) is 0 Å². The van der Waals surface area contributed by atoms with E-state index in [-0.39, 0.29) is 11.0 Å². The van der Waals surface area contributed by atoms with E-state index >= 15 is 0 Å². The maximum absolute atomic E-state index is 12.2. The van der Waals surface area contributed by atoms with Crippen molar-refractivity contribution in [3.63, 3.8) is 0 Å². The second-order valence-electron chi connectivity index (χ2n) is 5.72. The summed E-state index contributed by atoms with van der Waals surface area (Å²) in [7, 11) is 1.78. The van der Waals surface area contributed by atoms with Crippen molar-refractivity contribution >= 4 is 11.3 Å². The van der Waals surface area contributed by atoms with Gasteiger partial charge in [-0.05, 0) is 18.6 Å². The highest BCUT2D eigenvalue weighted by Gasteiger charge is 2.26. The maximum Gasteiger partial charge on any atom is 0.258 e. The lowest BCUT2D eigenvalue weighted by molar-refractivity contribution is 0.591. The van der Waals surface area contributed by atoms with E-state index in [1.165, 1.54) is 0 Å². The SMILES string of the molecule is Cn1cccc(C2=CCCN=C2C(C)(C)C)c1=O. The molecule has 0 aromatic carbocycles. The first-order valence-electron chi connectivity index (χ1n) is 6.33. The number of hydrogen-bond acceptors (Lipinski definition) is 2. The minimum Gasteiger partial charge on any atom is -0.318 e. The van der Waals surface area contributed by atoms with Gasteiger partial charge in [-0.2, -0.15) is 0 Å². The number of aromatic nitrogens is 1. The predicted molar refractivity (Wildman–Crippen MR) is 76.0 cm³/mol. The second-order valence-corrected chi connectivity index (χ2v) is 5.72. The topological polar surface area (TPSA) is 34.4 Å². The molecule has 3 nitrogen and oxygen atoms in total. The lowest BCUT2D eigenvalue weighted by Crippen LogP contribution is -2.28. The zero-order valence-electron chi connectivity index (χ0n) is 11.5. The third-order valence-corrected chi connectivity index (χ3v) is 3.13. The summed E-state index contributed by atoms with van der Waals surface area (Å²) in [5.74, 6) is 0. The van der Waals surface area contributed by atoms with Gasteiger partial charge in [-0.1, -0.05) is 26.8 Å². The average Bonchev–Trinajstić information content (AvgIpc) is 2.32. The van der Waals surface area contributed by atoms with Gasteiger partial charge in [0, 0.05) is 42.1 Å². The Labute approximate surface area is 108 Å². The van der Waals surface area contributed by atoms with Crippen LogP contribution >= 0.6 is 0 Å². The van der Waals surface area contributed by atoms with Crippen LogP contribution in [0.15, 0.2) is 34.2 Å². The van der Waals surface area contributed by atoms with Gasteiger partial charge >= 0.3 is 0 Å². The van der Waals surface area contributed by atoms with Crippen LogP contribution in [0.3, 0.4) is 0 Å². The Morgan fingerprint density at radius 2 is 2.06 bits per heavy atom. The van der Waals surface area contributed by atoms with E-state index in [0.29, 0.717) is 0 Å². The quantitative estimate of drug-likeness (QED) is 0.748. The lowest BCUT2D eigenvalue weighted by Gasteiger charge is -2.26. The van der Waals surface area contributed by atoms with Gasteiger partial charge in [0.15, 0.2) is 0 Å². The average molecular weight is 244 g/mol. The molecule has 0 radical (unpaired) electrons. The summed E-state index contributed by atoms with van der Waals surface area (Å²) in [6, 6.07) is 3.80. The molecule has 0 N–H and O–H groups in total. The minimum absolute atomic E-state index is 0.0346. The van der Waals surface area contributed by atoms with Crippen molar-refractivity contribution in [2.24, 2.45) is 17.5 Å². The van der Waals surface area contributed by atoms with Crippen LogP contribution in [-0.2, 0) is 7.05 Å². The molecule has 1 aliphatic rings. The third-order valence-electron chi connectivity index (χ3n) is 3.13. The molecule has 1 aromatic heterocycles. The smallest absolute Gasteiger partial charge is 0.258 e. The molecular formula is C15H20N2O. The van der Waals surface area contributed by atoms with Gasteiger partial charge in [0.05, 0.1) is 0 Å². The highest BCUT2D eigenvalue weighted by atomic mass is 16.1. The van der Waals surface area contributed by atoms with Gasteiger partial charge in [0.1, 0.15) is 0 Å². The first kappa shape index (κ1) is 12.8. The van der Waals surface area contributed by atoms with Crippen LogP contribution in [-0.4, -0.2) is 16.8 Å². The molecule has 0 bridgehead atoms. The van der Waals surface area contributed by atoms with E-state index in [4.69, 9.17) is 0 Å². The fourth-order valence-electron chi connectivity index (χ4n) is 2.25. The molecule has 0 saturated carbocycles. The Hall–Kier alpha value is -1.64. The molecule has 2 rings (SSSR count). The Morgan fingerprint density at radius 1 is 1.33 bits per heavy atom. The van der Waals surface area contributed by atoms with Crippen LogP contribution in [0.2, 0.25) is 0 Å². The largest absolute Gasteiger partial charge is 0.318 e. The van der Waals surface area contributed by atoms with Crippen molar-refractivity contribution < 1.29 is 0 Å². The molecule has 0 aliphatic carbocycles. The zero-order valence-corrected chi connectivity index (χ0v) is 11.5. The Morgan fingerprint density at radius 3 is 2.72 bits per heavy atom. The van der Waals surface area contributed by atoms with Crippen LogP contribution in [0, 0.1) is 5.41 Å². The van der Waals surface area contributed by atoms with Crippen molar-refractivity contribution in [2.45, 2.75) is 27.2 Å². The Balaban J connectivity index is 2.56. The molecule has 0 saturated heterocycles. The van der Waals surface area contributed by atoms with E-state index in [1.54, 1.807) is 17.8 Å². The van der Waals surface area contributed by atoms with Crippen LogP contribution in [0.1, 0.15) is 32.8 Å². The van der Waals surface area contributed by atoms with Crippen LogP contribution in [0.25, 0.3) is 5.57 Å². The van der Waals surface area contributed by atoms with Crippen molar-refractivity contribution in [1.82, 2.24) is 4.57 Å². The van der Waals surface area contributed by atoms with Gasteiger partial charge in [-0.3, -0.25) is 9.79 Å². The van der Waals surface area contributed by atoms with Crippen LogP contribution in [0.5, 0.6) is 0 Å². The van der Waals surface area contributed by atoms with E-state index in [9.17, 15) is 4.79 Å². The number of pyridine rings is 1. The van der Waals surface area contributed by atoms with Crippen molar-refractivity contribution in [3.8, 4) is 0 Å². The highest BCUT2D eigenvalue weighted by molar-refractivity contribution is 6.26. The van der Waals surface area contributed by atoms with Crippen molar-refractivity contribution in [2.75, 3.05) is 6.54 Å². The summed E-state index contributed by atoms with van der Waals surface area (Å²) >= 11 is 0. The first-order chi connectivity index (χ1) is 8.41. The molecule has 1 aromatic rings. The van der Waals surface area contributed by atoms with E-state index in [0.717, 1.165) is 29.8 Å². The normalized spacial score (nSPS) is 16.2. The number of aliphatic imine (C=N–C) groups is 1. The second kappa shape index (κ2) is 4.56. The molecule has 18 heavy (non-hydrogen) atoms. The van der Waals surface area contributed by atoms with Crippen LogP contribution in [0.4, 0.5) is 0 Å². The Kier molecular flexibility index (Phi) is 3.24. The molecule has 1 aliphatic heterocycles. The molecule has 3 heteroatoms. The molecule has 2 heterocycles. The molecule has 0 fully saturated rings. The molecule has 0 amide bonds. The highest BCUT2D eigenvalue weighted by Crippen LogP contribution is 2.29. The molecular weight excluding hydrogens is 224 g/mol. The minimum atomic E-state index is -0.0346. The fourth-order valence-corrected chi connectivity index (χ4v) is 2.25. The number of allylic oxidation sites excluding steroid dienone is 1. The van der Waals surface area contributed by atoms with E-state index < -0.39 is 0 Å². The summed E-state index contributed by atoms with van der Waals surface area (Å²) in [5.41, 5.74) is 2.82. The van der Waals surface area contributed by atoms with Gasteiger partial charge in [-0.15, -0.1) is 0 Å². The number of nitrogens with zero attached hydrogens (tertiary/aromatic N) is 2. The number of hydrogen-bond donors (Lipinski definition) is 0. The van der Waals surface area contributed by atoms with Gasteiger partial charge < -0.3 is 4.57 Å². The van der Waals surface area contributed by atoms with Crippen LogP contribution < -0.4 is 5.56 Å². The summed E-state index contributed by atoms with van der Waals surface area (Å²) < 4.78 is 1.62. The van der Waals surface area contributed by atoms with E-state index in [1.807, 2.05) is 12.1 Å². The summed E-state index contributed by atoms with van der Waals surface area (Å²) in [5, 5.41) is 0. The fraction of sp³-hybridized carbons (Fsp3) is 0.467. The summed E-state index contributed by atoms with van der Waals surface area (Å²) in [6.45, 7) is 7.23. The van der Waals surface area contributed by atoms with E-state index in [2.05, 4.69) is 31.8 Å². The summed E-state index contributed by atoms with van der Waals surface area (Å²) in [6.07, 6.45) is 4.83. The third kappa shape index (κ3) is 2.30. The van der Waals surface area contributed by atoms with Gasteiger partial charge in [0.25, 0.3) is 5.56 Å². The molecule has 0 atom stereocenters. The number of dihydropyridines is 1. The molecule has 0 spiro atoms. The monoisotopic (exact) mass is 244 g/mol. The first-order valence-corrected chi connectivity index (χ1v) is 6.33. The molecule has 0 unspecified atom stereocenters. The zero-order chi connectivity index (χ0) is 13.3. The maximum atomic E-state index is 12.2. The number of rotatable bonds is 1. The molecule has 96 valence electrons. The van der Waals surface area contributed by atoms with Crippen molar-refractivity contribution in [3.05, 3.63) is 40.3 Å². The number of aryl methyl sites for hydroxylation is 1. The summed E-state index contributed by atoms with van der Waals surface area (Å²) in [4.78, 5) is 16.8. The van der Waals surface area contributed by atoms with Crippen molar-refractivity contribution in [1.29, 1.82) is 0 Å². The Bertz CT molecular complexity index is 571.